The van der Waals surface area contributed by atoms with Gasteiger partial charge in [0.15, 0.2) is 4.32 Å². The summed E-state index contributed by atoms with van der Waals surface area (Å²) < 4.78 is 11.5. The van der Waals surface area contributed by atoms with Crippen LogP contribution in [-0.2, 0) is 4.79 Å². The first-order chi connectivity index (χ1) is 13.2. The summed E-state index contributed by atoms with van der Waals surface area (Å²) in [4.78, 5) is 14.9. The van der Waals surface area contributed by atoms with Gasteiger partial charge >= 0.3 is 0 Å². The van der Waals surface area contributed by atoms with Crippen LogP contribution in [-0.4, -0.2) is 17.3 Å². The van der Waals surface area contributed by atoms with Gasteiger partial charge in [0.05, 0.1) is 17.7 Å². The maximum Gasteiger partial charge on any atom is 0.270 e. The molecule has 1 fully saturated rings. The Hall–Kier alpha value is -2.83. The van der Waals surface area contributed by atoms with E-state index in [2.05, 4.69) is 0 Å². The molecule has 0 atom stereocenters. The number of hydrogen-bond donors (Lipinski definition) is 0. The van der Waals surface area contributed by atoms with E-state index in [1.165, 1.54) is 16.7 Å². The molecule has 0 N–H and O–H groups in total. The number of furan rings is 1. The molecule has 2 aromatic carbocycles. The van der Waals surface area contributed by atoms with Crippen molar-refractivity contribution in [3.05, 3.63) is 77.4 Å². The molecule has 4 rings (SSSR count). The molecule has 1 amide bonds. The number of ether oxygens (including phenoxy) is 1. The number of amides is 1. The van der Waals surface area contributed by atoms with Gasteiger partial charge in [-0.15, -0.1) is 0 Å². The first-order valence-corrected chi connectivity index (χ1v) is 9.45. The van der Waals surface area contributed by atoms with Crippen LogP contribution in [0.3, 0.4) is 0 Å². The lowest BCUT2D eigenvalue weighted by Crippen LogP contribution is -2.27. The first kappa shape index (κ1) is 17.6. The van der Waals surface area contributed by atoms with Crippen LogP contribution < -0.4 is 9.64 Å². The van der Waals surface area contributed by atoms with Gasteiger partial charge in [-0.1, -0.05) is 54.3 Å². The van der Waals surface area contributed by atoms with Gasteiger partial charge in [0.25, 0.3) is 5.91 Å². The van der Waals surface area contributed by atoms with Crippen molar-refractivity contribution < 1.29 is 13.9 Å². The predicted molar refractivity (Wildman–Crippen MR) is 113 cm³/mol. The van der Waals surface area contributed by atoms with E-state index in [1.54, 1.807) is 25.3 Å². The van der Waals surface area contributed by atoms with Gasteiger partial charge in [-0.3, -0.25) is 9.69 Å². The molecule has 1 saturated heterocycles. The van der Waals surface area contributed by atoms with Gasteiger partial charge < -0.3 is 9.15 Å². The number of thiocarbonyl (C=S) groups is 1. The molecule has 3 aromatic rings. The molecule has 0 unspecified atom stereocenters. The van der Waals surface area contributed by atoms with Crippen molar-refractivity contribution in [2.75, 3.05) is 12.0 Å². The zero-order valence-corrected chi connectivity index (χ0v) is 16.0. The number of rotatable bonds is 4. The second-order valence-electron chi connectivity index (χ2n) is 5.78. The number of thioether (sulfide) groups is 1. The van der Waals surface area contributed by atoms with Gasteiger partial charge in [0.1, 0.15) is 17.3 Å². The topological polar surface area (TPSA) is 42.7 Å². The molecule has 0 radical (unpaired) electrons. The third-order valence-corrected chi connectivity index (χ3v) is 5.38. The maximum absolute atomic E-state index is 12.8. The minimum Gasteiger partial charge on any atom is -0.497 e. The third kappa shape index (κ3) is 3.54. The smallest absolute Gasteiger partial charge is 0.270 e. The van der Waals surface area contributed by atoms with E-state index < -0.39 is 0 Å². The highest BCUT2D eigenvalue weighted by Gasteiger charge is 2.33. The van der Waals surface area contributed by atoms with E-state index in [4.69, 9.17) is 21.4 Å². The fourth-order valence-electron chi connectivity index (χ4n) is 2.74. The number of methoxy groups -OCH3 is 1. The minimum absolute atomic E-state index is 0.159. The Morgan fingerprint density at radius 1 is 1.04 bits per heavy atom. The Kier molecular flexibility index (Phi) is 4.83. The van der Waals surface area contributed by atoms with Gasteiger partial charge in [0, 0.05) is 11.6 Å². The van der Waals surface area contributed by atoms with E-state index in [1.807, 2.05) is 54.6 Å². The fourth-order valence-corrected chi connectivity index (χ4v) is 4.02. The molecule has 4 nitrogen and oxygen atoms in total. The number of benzene rings is 2. The van der Waals surface area contributed by atoms with Crippen LogP contribution in [0, 0.1) is 0 Å². The minimum atomic E-state index is -0.159. The molecule has 0 aliphatic carbocycles. The van der Waals surface area contributed by atoms with Crippen molar-refractivity contribution in [3.8, 4) is 17.1 Å². The summed E-state index contributed by atoms with van der Waals surface area (Å²) in [6, 6.07) is 20.8. The second-order valence-corrected chi connectivity index (χ2v) is 7.46. The molecule has 2 heterocycles. The molecule has 1 aliphatic rings. The number of anilines is 1. The van der Waals surface area contributed by atoms with Crippen LogP contribution in [0.15, 0.2) is 76.1 Å². The molecule has 134 valence electrons. The average molecular weight is 393 g/mol. The zero-order chi connectivity index (χ0) is 18.8. The van der Waals surface area contributed by atoms with Crippen molar-refractivity contribution in [2.24, 2.45) is 0 Å². The number of hydrogen-bond acceptors (Lipinski definition) is 5. The van der Waals surface area contributed by atoms with E-state index >= 15 is 0 Å². The summed E-state index contributed by atoms with van der Waals surface area (Å²) >= 11 is 6.67. The number of nitrogens with zero attached hydrogens (tertiary/aromatic N) is 1. The highest BCUT2D eigenvalue weighted by Crippen LogP contribution is 2.37. The third-order valence-electron chi connectivity index (χ3n) is 4.08. The van der Waals surface area contributed by atoms with Crippen molar-refractivity contribution in [3.63, 3.8) is 0 Å². The SMILES string of the molecule is COc1ccc(N2C(=O)/C(=C/c3ccc(-c4ccccc4)o3)SC2=S)cc1. The largest absolute Gasteiger partial charge is 0.497 e. The molecule has 0 saturated carbocycles. The summed E-state index contributed by atoms with van der Waals surface area (Å²) in [7, 11) is 1.60. The van der Waals surface area contributed by atoms with E-state index in [9.17, 15) is 4.79 Å². The quantitative estimate of drug-likeness (QED) is 0.441. The number of carbonyl (C=O) groups excluding carboxylic acids is 1. The lowest BCUT2D eigenvalue weighted by Gasteiger charge is -2.14. The van der Waals surface area contributed by atoms with Gasteiger partial charge in [0.2, 0.25) is 0 Å². The summed E-state index contributed by atoms with van der Waals surface area (Å²) in [6.07, 6.45) is 1.73. The molecule has 0 bridgehead atoms. The summed E-state index contributed by atoms with van der Waals surface area (Å²) in [5, 5.41) is 0. The van der Waals surface area contributed by atoms with Crippen LogP contribution in [0.4, 0.5) is 5.69 Å². The Balaban J connectivity index is 1.59. The fraction of sp³-hybridized carbons (Fsp3) is 0.0476. The normalized spacial score (nSPS) is 15.6. The molecular weight excluding hydrogens is 378 g/mol. The van der Waals surface area contributed by atoms with E-state index in [0.29, 0.717) is 20.7 Å². The maximum atomic E-state index is 12.8. The second kappa shape index (κ2) is 7.42. The van der Waals surface area contributed by atoms with E-state index in [0.717, 1.165) is 17.1 Å². The highest BCUT2D eigenvalue weighted by molar-refractivity contribution is 8.27. The van der Waals surface area contributed by atoms with Crippen molar-refractivity contribution in [1.29, 1.82) is 0 Å². The van der Waals surface area contributed by atoms with Crippen molar-refractivity contribution >= 4 is 46.0 Å². The van der Waals surface area contributed by atoms with Crippen LogP contribution >= 0.6 is 24.0 Å². The van der Waals surface area contributed by atoms with Gasteiger partial charge in [-0.25, -0.2) is 0 Å². The molecular formula is C21H15NO3S2. The van der Waals surface area contributed by atoms with Gasteiger partial charge in [-0.05, 0) is 36.4 Å². The monoisotopic (exact) mass is 393 g/mol. The summed E-state index contributed by atoms with van der Waals surface area (Å²) in [5.41, 5.74) is 1.70. The Morgan fingerprint density at radius 3 is 2.48 bits per heavy atom. The lowest BCUT2D eigenvalue weighted by atomic mass is 10.2. The van der Waals surface area contributed by atoms with Crippen molar-refractivity contribution in [2.45, 2.75) is 0 Å². The van der Waals surface area contributed by atoms with Crippen LogP contribution in [0.1, 0.15) is 5.76 Å². The first-order valence-electron chi connectivity index (χ1n) is 8.23. The molecule has 6 heteroatoms. The Morgan fingerprint density at radius 2 is 1.78 bits per heavy atom. The Bertz CT molecular complexity index is 1020. The van der Waals surface area contributed by atoms with E-state index in [-0.39, 0.29) is 5.91 Å². The van der Waals surface area contributed by atoms with Crippen LogP contribution in [0.25, 0.3) is 17.4 Å². The standard InChI is InChI=1S/C21H15NO3S2/c1-24-16-9-7-15(8-10-16)22-20(23)19(27-21(22)26)13-17-11-12-18(25-17)14-5-3-2-4-6-14/h2-13H,1H3/b19-13-. The van der Waals surface area contributed by atoms with Crippen LogP contribution in [0.2, 0.25) is 0 Å². The molecule has 1 aliphatic heterocycles. The predicted octanol–water partition coefficient (Wildman–Crippen LogP) is 5.36. The summed E-state index contributed by atoms with van der Waals surface area (Å²) in [6.45, 7) is 0. The molecule has 1 aromatic heterocycles. The zero-order valence-electron chi connectivity index (χ0n) is 14.4. The molecule has 27 heavy (non-hydrogen) atoms. The van der Waals surface area contributed by atoms with Gasteiger partial charge in [-0.2, -0.15) is 0 Å². The van der Waals surface area contributed by atoms with Crippen molar-refractivity contribution in [1.82, 2.24) is 0 Å². The Labute approximate surface area is 166 Å². The lowest BCUT2D eigenvalue weighted by molar-refractivity contribution is -0.113. The highest BCUT2D eigenvalue weighted by atomic mass is 32.2. The molecule has 0 spiro atoms. The summed E-state index contributed by atoms with van der Waals surface area (Å²) in [5.74, 6) is 1.94. The number of carbonyl (C=O) groups is 1. The average Bonchev–Trinajstić information content (AvgIpc) is 3.27. The van der Waals surface area contributed by atoms with Crippen LogP contribution in [0.5, 0.6) is 5.75 Å².